The molecule has 0 aliphatic heterocycles. The predicted molar refractivity (Wildman–Crippen MR) is 189 cm³/mol. The van der Waals surface area contributed by atoms with Crippen LogP contribution in [0.5, 0.6) is 0 Å². The van der Waals surface area contributed by atoms with Gasteiger partial charge >= 0.3 is 6.09 Å². The van der Waals surface area contributed by atoms with Gasteiger partial charge in [0.05, 0.1) is 24.5 Å². The number of ether oxygens (including phenoxy) is 1. The van der Waals surface area contributed by atoms with Crippen molar-refractivity contribution in [2.24, 2.45) is 34.9 Å². The van der Waals surface area contributed by atoms with Crippen LogP contribution < -0.4 is 22.1 Å². The Morgan fingerprint density at radius 2 is 1.24 bits per heavy atom. The van der Waals surface area contributed by atoms with Gasteiger partial charge in [-0.15, -0.1) is 0 Å². The van der Waals surface area contributed by atoms with Gasteiger partial charge in [-0.1, -0.05) is 119 Å². The molecular formula is C39H52N4O6. The van der Waals surface area contributed by atoms with E-state index in [9.17, 15) is 14.4 Å². The van der Waals surface area contributed by atoms with E-state index in [2.05, 4.69) is 16.2 Å². The number of carbonyl (C=O) groups is 4. The summed E-state index contributed by atoms with van der Waals surface area (Å²) < 4.78 is 5.45. The van der Waals surface area contributed by atoms with Crippen molar-refractivity contribution in [2.45, 2.75) is 79.6 Å². The monoisotopic (exact) mass is 672 g/mol. The van der Waals surface area contributed by atoms with Crippen LogP contribution in [0, 0.1) is 29.1 Å². The summed E-state index contributed by atoms with van der Waals surface area (Å²) in [7, 11) is 0. The average molecular weight is 673 g/mol. The summed E-state index contributed by atoms with van der Waals surface area (Å²) in [5.74, 6) is 1.92. The predicted octanol–water partition coefficient (Wildman–Crippen LogP) is 6.05. The first kappa shape index (κ1) is 38.9. The minimum Gasteiger partial charge on any atom is -0.445 e. The number of hydrogen-bond donors (Lipinski definition) is 4. The van der Waals surface area contributed by atoms with Crippen molar-refractivity contribution < 1.29 is 28.8 Å². The molecule has 3 aromatic carbocycles. The van der Waals surface area contributed by atoms with Gasteiger partial charge in [-0.05, 0) is 61.1 Å². The van der Waals surface area contributed by atoms with Crippen LogP contribution in [-0.2, 0) is 43.6 Å². The lowest BCUT2D eigenvalue weighted by Gasteiger charge is -2.44. The van der Waals surface area contributed by atoms with E-state index in [1.807, 2.05) is 119 Å². The standard InChI is InChI=1S/C39H52N4O6/c1-27(2)23-33(36(45)42-40)34(37(46)43-49-26-32-19-13-8-14-20-32)39(24-28(3)4,22-21-30-15-9-6-10-16-30)35(44)29(5)41-38(47)48-25-31-17-11-7-12-18-31/h6-20,27-29,33-34H,21-26,40H2,1-5H3,(H,41,47)(H,42,45)(H,43,46)/t29-,33-,34?,39?/m1/s1. The molecule has 0 saturated heterocycles. The number of benzene rings is 3. The molecule has 0 spiro atoms. The Hall–Kier alpha value is -4.54. The lowest BCUT2D eigenvalue weighted by molar-refractivity contribution is -0.158. The number of hydrogen-bond acceptors (Lipinski definition) is 7. The highest BCUT2D eigenvalue weighted by molar-refractivity contribution is 5.98. The molecule has 5 N–H and O–H groups in total. The molecule has 264 valence electrons. The van der Waals surface area contributed by atoms with Crippen molar-refractivity contribution in [3.05, 3.63) is 108 Å². The van der Waals surface area contributed by atoms with E-state index in [0.29, 0.717) is 6.42 Å². The summed E-state index contributed by atoms with van der Waals surface area (Å²) in [6.07, 6.45) is 0.434. The zero-order valence-electron chi connectivity index (χ0n) is 29.3. The Bertz CT molecular complexity index is 1470. The van der Waals surface area contributed by atoms with Crippen LogP contribution in [0.25, 0.3) is 0 Å². The van der Waals surface area contributed by atoms with Gasteiger partial charge in [0.25, 0.3) is 0 Å². The van der Waals surface area contributed by atoms with E-state index in [-0.39, 0.29) is 50.1 Å². The van der Waals surface area contributed by atoms with Crippen molar-refractivity contribution in [1.29, 1.82) is 0 Å². The molecule has 0 saturated carbocycles. The SMILES string of the molecule is CC(C)C[C@@H](C(=O)NN)C(C(=O)NOCc1ccccc1)C(CCc1ccccc1)(CC(C)C)C(=O)[C@@H](C)NC(=O)OCc1ccccc1. The fourth-order valence-electron chi connectivity index (χ4n) is 6.60. The summed E-state index contributed by atoms with van der Waals surface area (Å²) in [5.41, 5.74) is 6.02. The summed E-state index contributed by atoms with van der Waals surface area (Å²) in [6, 6.07) is 27.2. The smallest absolute Gasteiger partial charge is 0.408 e. The Morgan fingerprint density at radius 3 is 1.76 bits per heavy atom. The minimum atomic E-state index is -1.43. The van der Waals surface area contributed by atoms with Gasteiger partial charge in [0.2, 0.25) is 11.8 Å². The topological polar surface area (TPSA) is 149 Å². The first-order chi connectivity index (χ1) is 23.5. The van der Waals surface area contributed by atoms with Crippen molar-refractivity contribution in [3.8, 4) is 0 Å². The average Bonchev–Trinajstić information content (AvgIpc) is 3.09. The third kappa shape index (κ3) is 11.8. The zero-order valence-corrected chi connectivity index (χ0v) is 29.3. The second-order valence-corrected chi connectivity index (χ2v) is 13.5. The number of amides is 3. The number of ketones is 1. The fourth-order valence-corrected chi connectivity index (χ4v) is 6.60. The van der Waals surface area contributed by atoms with Gasteiger partial charge < -0.3 is 10.1 Å². The number of aryl methyl sites for hydroxylation is 1. The van der Waals surface area contributed by atoms with E-state index >= 15 is 4.79 Å². The minimum absolute atomic E-state index is 0.0210. The Balaban J connectivity index is 2.07. The number of rotatable bonds is 19. The molecule has 3 rings (SSSR count). The molecule has 0 fully saturated rings. The molecule has 10 nitrogen and oxygen atoms in total. The Morgan fingerprint density at radius 1 is 0.714 bits per heavy atom. The van der Waals surface area contributed by atoms with E-state index in [1.54, 1.807) is 6.92 Å². The van der Waals surface area contributed by atoms with Crippen LogP contribution in [0.15, 0.2) is 91.0 Å². The quantitative estimate of drug-likeness (QED) is 0.0688. The molecule has 0 heterocycles. The molecule has 10 heteroatoms. The molecule has 0 radical (unpaired) electrons. The van der Waals surface area contributed by atoms with Gasteiger partial charge in [0, 0.05) is 5.41 Å². The second-order valence-electron chi connectivity index (χ2n) is 13.5. The first-order valence-corrected chi connectivity index (χ1v) is 17.0. The maximum Gasteiger partial charge on any atom is 0.408 e. The van der Waals surface area contributed by atoms with Crippen LogP contribution in [0.1, 0.15) is 70.6 Å². The van der Waals surface area contributed by atoms with E-state index < -0.39 is 41.2 Å². The number of hydrazine groups is 1. The number of Topliss-reactive ketones (excluding diaryl/α,β-unsaturated/α-hetero) is 1. The zero-order chi connectivity index (χ0) is 35.8. The van der Waals surface area contributed by atoms with Crippen molar-refractivity contribution >= 4 is 23.7 Å². The molecule has 0 aromatic heterocycles. The molecule has 0 aliphatic carbocycles. The van der Waals surface area contributed by atoms with Crippen molar-refractivity contribution in [1.82, 2.24) is 16.2 Å². The van der Waals surface area contributed by atoms with E-state index in [0.717, 1.165) is 16.7 Å². The summed E-state index contributed by atoms with van der Waals surface area (Å²) >= 11 is 0. The third-order valence-corrected chi connectivity index (χ3v) is 8.65. The number of alkyl carbamates (subject to hydrolysis) is 1. The number of nitrogens with one attached hydrogen (secondary N) is 3. The summed E-state index contributed by atoms with van der Waals surface area (Å²) in [5, 5.41) is 2.71. The lowest BCUT2D eigenvalue weighted by atomic mass is 9.58. The van der Waals surface area contributed by atoms with Gasteiger partial charge in [-0.25, -0.2) is 16.1 Å². The largest absolute Gasteiger partial charge is 0.445 e. The van der Waals surface area contributed by atoms with Crippen LogP contribution in [0.3, 0.4) is 0 Å². The number of carbonyl (C=O) groups excluding carboxylic acids is 4. The van der Waals surface area contributed by atoms with Crippen LogP contribution in [-0.4, -0.2) is 29.7 Å². The molecule has 0 bridgehead atoms. The van der Waals surface area contributed by atoms with Gasteiger partial charge in [0.15, 0.2) is 5.78 Å². The van der Waals surface area contributed by atoms with Gasteiger partial charge in [-0.2, -0.15) is 0 Å². The third-order valence-electron chi connectivity index (χ3n) is 8.65. The highest BCUT2D eigenvalue weighted by atomic mass is 16.6. The summed E-state index contributed by atoms with van der Waals surface area (Å²) in [4.78, 5) is 61.9. The second kappa shape index (κ2) is 19.5. The highest BCUT2D eigenvalue weighted by Gasteiger charge is 2.54. The van der Waals surface area contributed by atoms with Crippen LogP contribution in [0.2, 0.25) is 0 Å². The molecule has 49 heavy (non-hydrogen) atoms. The molecule has 0 aliphatic rings. The van der Waals surface area contributed by atoms with E-state index in [4.69, 9.17) is 15.4 Å². The molecule has 3 aromatic rings. The molecule has 4 atom stereocenters. The molecule has 3 amide bonds. The molecule has 2 unspecified atom stereocenters. The van der Waals surface area contributed by atoms with Gasteiger partial charge in [-0.3, -0.25) is 24.6 Å². The van der Waals surface area contributed by atoms with Crippen molar-refractivity contribution in [2.75, 3.05) is 0 Å². The normalized spacial score (nSPS) is 14.3. The molecular weight excluding hydrogens is 620 g/mol. The maximum absolute atomic E-state index is 15.0. The number of hydroxylamine groups is 1. The summed E-state index contributed by atoms with van der Waals surface area (Å²) in [6.45, 7) is 9.52. The van der Waals surface area contributed by atoms with E-state index in [1.165, 1.54) is 0 Å². The highest BCUT2D eigenvalue weighted by Crippen LogP contribution is 2.47. The fraction of sp³-hybridized carbons (Fsp3) is 0.436. The Kier molecular flexibility index (Phi) is 15.4. The maximum atomic E-state index is 15.0. The number of nitrogens with two attached hydrogens (primary N) is 1. The van der Waals surface area contributed by atoms with Crippen LogP contribution in [0.4, 0.5) is 4.79 Å². The first-order valence-electron chi connectivity index (χ1n) is 17.0. The lowest BCUT2D eigenvalue weighted by Crippen LogP contribution is -2.58. The Labute approximate surface area is 290 Å². The van der Waals surface area contributed by atoms with Crippen LogP contribution >= 0.6 is 0 Å². The van der Waals surface area contributed by atoms with Crippen molar-refractivity contribution in [3.63, 3.8) is 0 Å². The van der Waals surface area contributed by atoms with Gasteiger partial charge in [0.1, 0.15) is 6.61 Å².